The fraction of sp³-hybridized carbons (Fsp3) is 0.611. The van der Waals surface area contributed by atoms with Gasteiger partial charge in [0.15, 0.2) is 6.61 Å². The zero-order chi connectivity index (χ0) is 17.9. The Labute approximate surface area is 145 Å². The Morgan fingerprint density at radius 2 is 1.72 bits per heavy atom. The number of para-hydroxylation sites is 1. The highest BCUT2D eigenvalue weighted by molar-refractivity contribution is 5.78. The van der Waals surface area contributed by atoms with E-state index < -0.39 is 11.7 Å². The molecule has 1 heterocycles. The normalized spacial score (nSPS) is 20.0. The van der Waals surface area contributed by atoms with Crippen molar-refractivity contribution in [1.82, 2.24) is 9.80 Å². The molecule has 3 rings (SSSR count). The number of ether oxygens (including phenoxy) is 1. The van der Waals surface area contributed by atoms with E-state index in [4.69, 9.17) is 4.74 Å². The Bertz CT molecular complexity index is 592. The fourth-order valence-corrected chi connectivity index (χ4v) is 3.66. The number of hydrogen-bond donors (Lipinski definition) is 0. The Kier molecular flexibility index (Phi) is 5.51. The molecular weight excluding hydrogens is 333 g/mol. The van der Waals surface area contributed by atoms with Gasteiger partial charge in [-0.05, 0) is 25.0 Å². The number of hydrogen-bond acceptors (Lipinski definition) is 3. The molecule has 2 aliphatic rings. The van der Waals surface area contributed by atoms with Gasteiger partial charge in [0.1, 0.15) is 5.75 Å². The van der Waals surface area contributed by atoms with Gasteiger partial charge in [0.2, 0.25) is 0 Å². The highest BCUT2D eigenvalue weighted by Gasteiger charge is 2.34. The molecule has 0 spiro atoms. The van der Waals surface area contributed by atoms with Crippen molar-refractivity contribution in [1.29, 1.82) is 0 Å². The van der Waals surface area contributed by atoms with Crippen molar-refractivity contribution >= 4 is 5.91 Å². The molecule has 1 aliphatic heterocycles. The van der Waals surface area contributed by atoms with E-state index in [-0.39, 0.29) is 18.3 Å². The first-order valence-electron chi connectivity index (χ1n) is 8.76. The molecule has 2 fully saturated rings. The van der Waals surface area contributed by atoms with Gasteiger partial charge in [0.25, 0.3) is 5.91 Å². The monoisotopic (exact) mass is 356 g/mol. The topological polar surface area (TPSA) is 32.8 Å². The summed E-state index contributed by atoms with van der Waals surface area (Å²) in [6.45, 7) is 2.51. The summed E-state index contributed by atoms with van der Waals surface area (Å²) in [5, 5.41) is 0. The number of rotatable bonds is 4. The molecule has 7 heteroatoms. The molecule has 0 radical (unpaired) electrons. The number of halogens is 3. The van der Waals surface area contributed by atoms with Crippen LogP contribution in [-0.2, 0) is 11.0 Å². The van der Waals surface area contributed by atoms with Crippen LogP contribution < -0.4 is 4.74 Å². The summed E-state index contributed by atoms with van der Waals surface area (Å²) in [7, 11) is 0. The van der Waals surface area contributed by atoms with Crippen LogP contribution in [0.1, 0.15) is 31.2 Å². The minimum absolute atomic E-state index is 0.261. The lowest BCUT2D eigenvalue weighted by Gasteiger charge is -2.38. The maximum absolute atomic E-state index is 12.9. The summed E-state index contributed by atoms with van der Waals surface area (Å²) in [5.74, 6) is -0.559. The SMILES string of the molecule is O=C(COc1ccccc1C(F)(F)F)N1CCN(C2CCCC2)CC1. The third kappa shape index (κ3) is 4.45. The number of nitrogens with zero attached hydrogens (tertiary/aromatic N) is 2. The van der Waals surface area contributed by atoms with Crippen molar-refractivity contribution in [2.24, 2.45) is 0 Å². The van der Waals surface area contributed by atoms with Gasteiger partial charge in [0.05, 0.1) is 5.56 Å². The summed E-state index contributed by atoms with van der Waals surface area (Å²) < 4.78 is 44.0. The summed E-state index contributed by atoms with van der Waals surface area (Å²) >= 11 is 0. The molecule has 4 nitrogen and oxygen atoms in total. The lowest BCUT2D eigenvalue weighted by Crippen LogP contribution is -2.52. The van der Waals surface area contributed by atoms with Crippen LogP contribution in [0.5, 0.6) is 5.75 Å². The molecule has 0 bridgehead atoms. The second-order valence-corrected chi connectivity index (χ2v) is 6.64. The summed E-state index contributed by atoms with van der Waals surface area (Å²) in [4.78, 5) is 16.4. The number of carbonyl (C=O) groups excluding carboxylic acids is 1. The lowest BCUT2D eigenvalue weighted by molar-refractivity contribution is -0.141. The van der Waals surface area contributed by atoms with E-state index in [0.29, 0.717) is 19.1 Å². The van der Waals surface area contributed by atoms with Crippen LogP contribution in [0.3, 0.4) is 0 Å². The summed E-state index contributed by atoms with van der Waals surface area (Å²) in [6.07, 6.45) is 0.510. The lowest BCUT2D eigenvalue weighted by atomic mass is 10.2. The van der Waals surface area contributed by atoms with Crippen LogP contribution in [0, 0.1) is 0 Å². The Balaban J connectivity index is 1.51. The maximum atomic E-state index is 12.9. The average Bonchev–Trinajstić information content (AvgIpc) is 3.14. The quantitative estimate of drug-likeness (QED) is 0.831. The van der Waals surface area contributed by atoms with Crippen molar-refractivity contribution in [2.45, 2.75) is 37.9 Å². The fourth-order valence-electron chi connectivity index (χ4n) is 3.66. The molecular formula is C18H23F3N2O2. The van der Waals surface area contributed by atoms with Crippen LogP contribution in [0.4, 0.5) is 13.2 Å². The first-order chi connectivity index (χ1) is 11.9. The average molecular weight is 356 g/mol. The first-order valence-corrected chi connectivity index (χ1v) is 8.76. The number of amides is 1. The Hall–Kier alpha value is -1.76. The number of piperazine rings is 1. The first kappa shape index (κ1) is 18.0. The number of alkyl halides is 3. The van der Waals surface area contributed by atoms with E-state index in [1.807, 2.05) is 0 Å². The van der Waals surface area contributed by atoms with Gasteiger partial charge in [-0.3, -0.25) is 9.69 Å². The largest absolute Gasteiger partial charge is 0.483 e. The van der Waals surface area contributed by atoms with Crippen molar-refractivity contribution in [2.75, 3.05) is 32.8 Å². The zero-order valence-electron chi connectivity index (χ0n) is 14.1. The van der Waals surface area contributed by atoms with Crippen molar-refractivity contribution in [3.63, 3.8) is 0 Å². The van der Waals surface area contributed by atoms with Crippen LogP contribution in [0.25, 0.3) is 0 Å². The molecule has 1 aromatic carbocycles. The van der Waals surface area contributed by atoms with Gasteiger partial charge in [0, 0.05) is 32.2 Å². The second-order valence-electron chi connectivity index (χ2n) is 6.64. The van der Waals surface area contributed by atoms with Crippen molar-refractivity contribution in [3.8, 4) is 5.75 Å². The van der Waals surface area contributed by atoms with Gasteiger partial charge < -0.3 is 9.64 Å². The highest BCUT2D eigenvalue weighted by Crippen LogP contribution is 2.35. The Morgan fingerprint density at radius 3 is 2.36 bits per heavy atom. The smallest absolute Gasteiger partial charge is 0.419 e. The number of benzene rings is 1. The predicted octanol–water partition coefficient (Wildman–Crippen LogP) is 3.17. The van der Waals surface area contributed by atoms with Gasteiger partial charge >= 0.3 is 6.18 Å². The van der Waals surface area contributed by atoms with Crippen LogP contribution >= 0.6 is 0 Å². The molecule has 138 valence electrons. The van der Waals surface area contributed by atoms with Crippen molar-refractivity contribution in [3.05, 3.63) is 29.8 Å². The zero-order valence-corrected chi connectivity index (χ0v) is 14.1. The molecule has 0 aromatic heterocycles. The maximum Gasteiger partial charge on any atom is 0.419 e. The minimum Gasteiger partial charge on any atom is -0.483 e. The van der Waals surface area contributed by atoms with Crippen LogP contribution in [0.2, 0.25) is 0 Å². The molecule has 1 amide bonds. The molecule has 1 saturated carbocycles. The van der Waals surface area contributed by atoms with Crippen LogP contribution in [0.15, 0.2) is 24.3 Å². The van der Waals surface area contributed by atoms with E-state index in [2.05, 4.69) is 4.90 Å². The molecule has 1 aromatic rings. The van der Waals surface area contributed by atoms with Crippen LogP contribution in [-0.4, -0.2) is 54.5 Å². The van der Waals surface area contributed by atoms with Gasteiger partial charge in [-0.15, -0.1) is 0 Å². The van der Waals surface area contributed by atoms with E-state index in [1.165, 1.54) is 43.9 Å². The highest BCUT2D eigenvalue weighted by atomic mass is 19.4. The van der Waals surface area contributed by atoms with E-state index in [0.717, 1.165) is 19.2 Å². The molecule has 0 atom stereocenters. The summed E-state index contributed by atoms with van der Waals surface area (Å²) in [5.41, 5.74) is -0.853. The van der Waals surface area contributed by atoms with E-state index in [1.54, 1.807) is 4.90 Å². The summed E-state index contributed by atoms with van der Waals surface area (Å²) in [6, 6.07) is 5.61. The molecule has 25 heavy (non-hydrogen) atoms. The molecule has 0 unspecified atom stereocenters. The van der Waals surface area contributed by atoms with E-state index in [9.17, 15) is 18.0 Å². The van der Waals surface area contributed by atoms with Gasteiger partial charge in [-0.2, -0.15) is 13.2 Å². The molecule has 1 aliphatic carbocycles. The Morgan fingerprint density at radius 1 is 1.08 bits per heavy atom. The minimum atomic E-state index is -4.49. The van der Waals surface area contributed by atoms with Crippen molar-refractivity contribution < 1.29 is 22.7 Å². The standard InChI is InChI=1S/C18H23F3N2O2/c19-18(20,21)15-7-3-4-8-16(15)25-13-17(24)23-11-9-22(10-12-23)14-5-1-2-6-14/h3-4,7-8,14H,1-2,5-6,9-13H2. The van der Waals surface area contributed by atoms with Gasteiger partial charge in [-0.1, -0.05) is 25.0 Å². The van der Waals surface area contributed by atoms with E-state index >= 15 is 0 Å². The predicted molar refractivity (Wildman–Crippen MR) is 87.3 cm³/mol. The molecule has 0 N–H and O–H groups in total. The third-order valence-electron chi connectivity index (χ3n) is 5.05. The van der Waals surface area contributed by atoms with Gasteiger partial charge in [-0.25, -0.2) is 0 Å². The molecule has 1 saturated heterocycles. The third-order valence-corrected chi connectivity index (χ3v) is 5.05. The number of carbonyl (C=O) groups is 1. The second kappa shape index (κ2) is 7.64.